The molecular weight excluding hydrogens is 342 g/mol. The Balaban J connectivity index is 1.67. The fourth-order valence-corrected chi connectivity index (χ4v) is 4.72. The van der Waals surface area contributed by atoms with Crippen molar-refractivity contribution < 1.29 is 12.9 Å². The summed E-state index contributed by atoms with van der Waals surface area (Å²) in [6, 6.07) is 7.95. The molecule has 1 N–H and O–H groups in total. The Labute approximate surface area is 144 Å². The molecule has 0 unspecified atom stereocenters. The molecule has 1 aliphatic rings. The SMILES string of the molecule is Cc1cn[nH]c1-c1noc([C@H]2CCCN2S(=O)(=O)c2ccccc2)n1. The predicted molar refractivity (Wildman–Crippen MR) is 88.9 cm³/mol. The molecule has 3 aromatic rings. The Morgan fingerprint density at radius 1 is 1.28 bits per heavy atom. The molecule has 1 atom stereocenters. The van der Waals surface area contributed by atoms with Gasteiger partial charge in [-0.2, -0.15) is 14.4 Å². The van der Waals surface area contributed by atoms with Crippen LogP contribution in [0, 0.1) is 6.92 Å². The minimum absolute atomic E-state index is 0.269. The van der Waals surface area contributed by atoms with E-state index in [-0.39, 0.29) is 4.90 Å². The summed E-state index contributed by atoms with van der Waals surface area (Å²) < 4.78 is 32.7. The zero-order valence-electron chi connectivity index (χ0n) is 13.6. The van der Waals surface area contributed by atoms with Crippen LogP contribution >= 0.6 is 0 Å². The number of benzene rings is 1. The number of nitrogens with one attached hydrogen (secondary N) is 1. The zero-order valence-corrected chi connectivity index (χ0v) is 14.4. The second-order valence-corrected chi connectivity index (χ2v) is 7.86. The maximum absolute atomic E-state index is 12.9. The van der Waals surface area contributed by atoms with Crippen LogP contribution in [0.5, 0.6) is 0 Å². The number of hydrogen-bond acceptors (Lipinski definition) is 6. The standard InChI is InChI=1S/C16H17N5O3S/c1-11-10-17-19-14(11)15-18-16(24-20-15)13-8-5-9-21(13)25(22,23)12-6-3-2-4-7-12/h2-4,6-7,10,13H,5,8-9H2,1H3,(H,17,19)/t13-/m1/s1. The van der Waals surface area contributed by atoms with Crippen molar-refractivity contribution in [1.82, 2.24) is 24.6 Å². The number of aromatic amines is 1. The van der Waals surface area contributed by atoms with E-state index in [0.717, 1.165) is 12.0 Å². The third kappa shape index (κ3) is 2.75. The molecule has 1 fully saturated rings. The van der Waals surface area contributed by atoms with E-state index in [2.05, 4.69) is 20.3 Å². The van der Waals surface area contributed by atoms with E-state index in [1.165, 1.54) is 4.31 Å². The summed E-state index contributed by atoms with van der Waals surface area (Å²) in [6.07, 6.45) is 3.07. The average Bonchev–Trinajstić information content (AvgIpc) is 3.35. The molecule has 25 heavy (non-hydrogen) atoms. The minimum atomic E-state index is -3.60. The number of aromatic nitrogens is 4. The number of H-pyrrole nitrogens is 1. The van der Waals surface area contributed by atoms with Crippen molar-refractivity contribution in [2.45, 2.75) is 30.7 Å². The number of rotatable bonds is 4. The van der Waals surface area contributed by atoms with Crippen molar-refractivity contribution in [1.29, 1.82) is 0 Å². The van der Waals surface area contributed by atoms with Gasteiger partial charge in [0.2, 0.25) is 21.7 Å². The number of nitrogens with zero attached hydrogens (tertiary/aromatic N) is 4. The van der Waals surface area contributed by atoms with Gasteiger partial charge in [-0.1, -0.05) is 23.4 Å². The lowest BCUT2D eigenvalue weighted by Gasteiger charge is -2.21. The molecule has 0 saturated carbocycles. The minimum Gasteiger partial charge on any atom is -0.337 e. The lowest BCUT2D eigenvalue weighted by Crippen LogP contribution is -2.30. The highest BCUT2D eigenvalue weighted by Gasteiger charge is 2.39. The van der Waals surface area contributed by atoms with Crippen molar-refractivity contribution in [2.75, 3.05) is 6.54 Å². The Hall–Kier alpha value is -2.52. The smallest absolute Gasteiger partial charge is 0.245 e. The first-order chi connectivity index (χ1) is 12.1. The summed E-state index contributed by atoms with van der Waals surface area (Å²) in [5.74, 6) is 0.690. The highest BCUT2D eigenvalue weighted by atomic mass is 32.2. The molecule has 0 spiro atoms. The molecular formula is C16H17N5O3S. The van der Waals surface area contributed by atoms with Gasteiger partial charge in [0.1, 0.15) is 11.7 Å². The first-order valence-electron chi connectivity index (χ1n) is 7.98. The second-order valence-electron chi connectivity index (χ2n) is 5.97. The first-order valence-corrected chi connectivity index (χ1v) is 9.42. The zero-order chi connectivity index (χ0) is 17.4. The molecule has 8 nitrogen and oxygen atoms in total. The van der Waals surface area contributed by atoms with Crippen LogP contribution in [-0.4, -0.2) is 39.6 Å². The summed E-state index contributed by atoms with van der Waals surface area (Å²) in [5.41, 5.74) is 1.57. The van der Waals surface area contributed by atoms with Gasteiger partial charge < -0.3 is 4.52 Å². The van der Waals surface area contributed by atoms with Gasteiger partial charge in [0, 0.05) is 6.54 Å². The third-order valence-electron chi connectivity index (χ3n) is 4.33. The Bertz CT molecular complexity index is 980. The lowest BCUT2D eigenvalue weighted by molar-refractivity contribution is 0.290. The van der Waals surface area contributed by atoms with Gasteiger partial charge in [0.25, 0.3) is 0 Å². The van der Waals surface area contributed by atoms with Crippen LogP contribution in [0.1, 0.15) is 30.3 Å². The second kappa shape index (κ2) is 6.08. The van der Waals surface area contributed by atoms with E-state index in [9.17, 15) is 8.42 Å². The number of aryl methyl sites for hydroxylation is 1. The molecule has 0 aliphatic carbocycles. The molecule has 0 amide bonds. The van der Waals surface area contributed by atoms with Crippen LogP contribution < -0.4 is 0 Å². The van der Waals surface area contributed by atoms with E-state index >= 15 is 0 Å². The topological polar surface area (TPSA) is 105 Å². The fourth-order valence-electron chi connectivity index (χ4n) is 3.05. The molecule has 130 valence electrons. The summed E-state index contributed by atoms with van der Waals surface area (Å²) in [7, 11) is -3.60. The van der Waals surface area contributed by atoms with Crippen LogP contribution in [0.3, 0.4) is 0 Å². The van der Waals surface area contributed by atoms with Gasteiger partial charge in [0.15, 0.2) is 0 Å². The van der Waals surface area contributed by atoms with Crippen molar-refractivity contribution >= 4 is 10.0 Å². The van der Waals surface area contributed by atoms with E-state index in [1.54, 1.807) is 36.5 Å². The van der Waals surface area contributed by atoms with Gasteiger partial charge in [-0.05, 0) is 37.5 Å². The van der Waals surface area contributed by atoms with Gasteiger partial charge in [0.05, 0.1) is 11.1 Å². The molecule has 1 aromatic carbocycles. The third-order valence-corrected chi connectivity index (χ3v) is 6.26. The highest BCUT2D eigenvalue weighted by Crippen LogP contribution is 2.36. The van der Waals surface area contributed by atoms with Crippen LogP contribution in [0.25, 0.3) is 11.5 Å². The molecule has 4 rings (SSSR count). The number of sulfonamides is 1. The predicted octanol–water partition coefficient (Wildman–Crippen LogP) is 2.29. The van der Waals surface area contributed by atoms with Crippen LogP contribution in [0.15, 0.2) is 45.9 Å². The Morgan fingerprint density at radius 2 is 2.08 bits per heavy atom. The van der Waals surface area contributed by atoms with Crippen LogP contribution in [0.2, 0.25) is 0 Å². The maximum Gasteiger partial charge on any atom is 0.245 e. The van der Waals surface area contributed by atoms with Gasteiger partial charge in [-0.25, -0.2) is 8.42 Å². The van der Waals surface area contributed by atoms with Crippen LogP contribution in [0.4, 0.5) is 0 Å². The quantitative estimate of drug-likeness (QED) is 0.766. The average molecular weight is 359 g/mol. The van der Waals surface area contributed by atoms with Crippen molar-refractivity contribution in [3.8, 4) is 11.5 Å². The Morgan fingerprint density at radius 3 is 2.80 bits per heavy atom. The monoisotopic (exact) mass is 359 g/mol. The van der Waals surface area contributed by atoms with Gasteiger partial charge in [-0.3, -0.25) is 5.10 Å². The summed E-state index contributed by atoms with van der Waals surface area (Å²) >= 11 is 0. The van der Waals surface area contributed by atoms with Crippen molar-refractivity contribution in [2.24, 2.45) is 0 Å². The molecule has 1 saturated heterocycles. The first kappa shape index (κ1) is 16.0. The maximum atomic E-state index is 12.9. The summed E-state index contributed by atoms with van der Waals surface area (Å²) in [6.45, 7) is 2.32. The van der Waals surface area contributed by atoms with E-state index < -0.39 is 16.1 Å². The lowest BCUT2D eigenvalue weighted by atomic mass is 10.2. The fraction of sp³-hybridized carbons (Fsp3) is 0.312. The van der Waals surface area contributed by atoms with E-state index in [4.69, 9.17) is 4.52 Å². The highest BCUT2D eigenvalue weighted by molar-refractivity contribution is 7.89. The molecule has 9 heteroatoms. The van der Waals surface area contributed by atoms with Gasteiger partial charge in [-0.15, -0.1) is 0 Å². The molecule has 3 heterocycles. The molecule has 0 bridgehead atoms. The normalized spacial score (nSPS) is 18.7. The molecule has 1 aliphatic heterocycles. The van der Waals surface area contributed by atoms with Crippen LogP contribution in [-0.2, 0) is 10.0 Å². The largest absolute Gasteiger partial charge is 0.337 e. The van der Waals surface area contributed by atoms with Crippen molar-refractivity contribution in [3.63, 3.8) is 0 Å². The summed E-state index contributed by atoms with van der Waals surface area (Å²) in [4.78, 5) is 4.67. The van der Waals surface area contributed by atoms with E-state index in [1.807, 2.05) is 6.92 Å². The molecule has 0 radical (unpaired) electrons. The van der Waals surface area contributed by atoms with Crippen molar-refractivity contribution in [3.05, 3.63) is 48.0 Å². The summed E-state index contributed by atoms with van der Waals surface area (Å²) in [5, 5.41) is 10.7. The van der Waals surface area contributed by atoms with E-state index in [0.29, 0.717) is 30.4 Å². The van der Waals surface area contributed by atoms with Gasteiger partial charge >= 0.3 is 0 Å². The molecule has 2 aromatic heterocycles. The number of hydrogen-bond donors (Lipinski definition) is 1. The Kier molecular flexibility index (Phi) is 3.89.